The lowest BCUT2D eigenvalue weighted by Crippen LogP contribution is -1.94. The minimum atomic E-state index is 0.882. The first-order valence-electron chi connectivity index (χ1n) is 5.14. The van der Waals surface area contributed by atoms with Crippen LogP contribution in [0.2, 0.25) is 0 Å². The van der Waals surface area contributed by atoms with Crippen LogP contribution in [0.25, 0.3) is 0 Å². The molecule has 0 unspecified atom stereocenters. The summed E-state index contributed by atoms with van der Waals surface area (Å²) in [4.78, 5) is 0. The number of rotatable bonds is 5. The van der Waals surface area contributed by atoms with E-state index in [-0.39, 0.29) is 0 Å². The van der Waals surface area contributed by atoms with Crippen molar-refractivity contribution in [3.05, 3.63) is 5.69 Å². The number of aryl methyl sites for hydroxylation is 2. The number of hydrogen-bond donors (Lipinski definition) is 1. The third-order valence-corrected chi connectivity index (χ3v) is 3.41. The van der Waals surface area contributed by atoms with Crippen LogP contribution in [0.3, 0.4) is 0 Å². The second-order valence-electron chi connectivity index (χ2n) is 3.39. The van der Waals surface area contributed by atoms with Gasteiger partial charge in [-0.1, -0.05) is 20.3 Å². The van der Waals surface area contributed by atoms with E-state index in [1.165, 1.54) is 6.42 Å². The Labute approximate surface area is 90.1 Å². The molecule has 0 radical (unpaired) electrons. The number of anilines is 1. The standard InChI is InChI=1S/C10H19N3S/c1-4-6-8-9(11)10(13(3)12-8)14-7-5-2/h4-7,11H2,1-3H3. The normalized spacial score (nSPS) is 10.8. The first-order valence-corrected chi connectivity index (χ1v) is 6.13. The van der Waals surface area contributed by atoms with Crippen LogP contribution in [0.4, 0.5) is 5.69 Å². The van der Waals surface area contributed by atoms with Crippen molar-refractivity contribution in [2.24, 2.45) is 7.05 Å². The van der Waals surface area contributed by atoms with E-state index in [2.05, 4.69) is 18.9 Å². The van der Waals surface area contributed by atoms with Crippen molar-refractivity contribution < 1.29 is 0 Å². The van der Waals surface area contributed by atoms with E-state index >= 15 is 0 Å². The van der Waals surface area contributed by atoms with E-state index in [0.717, 1.165) is 35.0 Å². The minimum Gasteiger partial charge on any atom is -0.395 e. The van der Waals surface area contributed by atoms with E-state index in [4.69, 9.17) is 5.73 Å². The van der Waals surface area contributed by atoms with Gasteiger partial charge in [0.1, 0.15) is 5.03 Å². The Hall–Kier alpha value is -0.640. The molecular weight excluding hydrogens is 194 g/mol. The monoisotopic (exact) mass is 213 g/mol. The van der Waals surface area contributed by atoms with Crippen LogP contribution < -0.4 is 5.73 Å². The highest BCUT2D eigenvalue weighted by molar-refractivity contribution is 7.99. The predicted octanol–water partition coefficient (Wildman–Crippen LogP) is 2.46. The molecule has 0 aromatic carbocycles. The largest absolute Gasteiger partial charge is 0.395 e. The summed E-state index contributed by atoms with van der Waals surface area (Å²) < 4.78 is 1.90. The molecule has 80 valence electrons. The van der Waals surface area contributed by atoms with Gasteiger partial charge in [0.25, 0.3) is 0 Å². The van der Waals surface area contributed by atoms with Crippen molar-refractivity contribution in [1.29, 1.82) is 0 Å². The Morgan fingerprint density at radius 2 is 2.07 bits per heavy atom. The highest BCUT2D eigenvalue weighted by Crippen LogP contribution is 2.28. The Morgan fingerprint density at radius 3 is 2.64 bits per heavy atom. The summed E-state index contributed by atoms with van der Waals surface area (Å²) >= 11 is 1.80. The molecule has 1 aromatic rings. The summed E-state index contributed by atoms with van der Waals surface area (Å²) in [6.07, 6.45) is 3.24. The molecule has 0 aliphatic rings. The van der Waals surface area contributed by atoms with Gasteiger partial charge >= 0.3 is 0 Å². The molecule has 1 aromatic heterocycles. The zero-order valence-corrected chi connectivity index (χ0v) is 10.0. The van der Waals surface area contributed by atoms with Crippen molar-refractivity contribution in [2.75, 3.05) is 11.5 Å². The van der Waals surface area contributed by atoms with E-state index in [9.17, 15) is 0 Å². The highest BCUT2D eigenvalue weighted by atomic mass is 32.2. The van der Waals surface area contributed by atoms with Crippen LogP contribution in [0.15, 0.2) is 5.03 Å². The van der Waals surface area contributed by atoms with Gasteiger partial charge in [-0.15, -0.1) is 11.8 Å². The molecule has 0 spiro atoms. The lowest BCUT2D eigenvalue weighted by Gasteiger charge is -2.00. The van der Waals surface area contributed by atoms with Gasteiger partial charge in [-0.2, -0.15) is 5.10 Å². The maximum absolute atomic E-state index is 6.03. The highest BCUT2D eigenvalue weighted by Gasteiger charge is 2.12. The molecule has 0 atom stereocenters. The Kier molecular flexibility index (Phi) is 4.32. The molecule has 3 nitrogen and oxygen atoms in total. The molecule has 0 fully saturated rings. The fourth-order valence-corrected chi connectivity index (χ4v) is 2.27. The molecule has 0 saturated heterocycles. The van der Waals surface area contributed by atoms with Crippen molar-refractivity contribution >= 4 is 17.4 Å². The Bertz CT molecular complexity index is 294. The van der Waals surface area contributed by atoms with Crippen molar-refractivity contribution in [2.45, 2.75) is 38.1 Å². The van der Waals surface area contributed by atoms with Gasteiger partial charge in [0, 0.05) is 7.05 Å². The number of nitrogens with zero attached hydrogens (tertiary/aromatic N) is 2. The second-order valence-corrected chi connectivity index (χ2v) is 4.47. The third kappa shape index (κ3) is 2.44. The molecule has 0 aliphatic heterocycles. The summed E-state index contributed by atoms with van der Waals surface area (Å²) in [5.74, 6) is 1.11. The fraction of sp³-hybridized carbons (Fsp3) is 0.700. The molecule has 2 N–H and O–H groups in total. The predicted molar refractivity (Wildman–Crippen MR) is 62.6 cm³/mol. The first kappa shape index (κ1) is 11.4. The summed E-state index contributed by atoms with van der Waals surface area (Å²) in [5, 5.41) is 5.54. The maximum atomic E-state index is 6.03. The number of nitrogens with two attached hydrogens (primary N) is 1. The summed E-state index contributed by atoms with van der Waals surface area (Å²) in [6.45, 7) is 4.32. The van der Waals surface area contributed by atoms with Gasteiger partial charge in [0.15, 0.2) is 0 Å². The molecule has 0 amide bonds. The van der Waals surface area contributed by atoms with Gasteiger partial charge in [0.05, 0.1) is 11.4 Å². The SMILES string of the molecule is CCCSc1c(N)c(CCC)nn1C. The Balaban J connectivity index is 2.81. The minimum absolute atomic E-state index is 0.882. The summed E-state index contributed by atoms with van der Waals surface area (Å²) in [5.41, 5.74) is 7.96. The summed E-state index contributed by atoms with van der Waals surface area (Å²) in [6, 6.07) is 0. The second kappa shape index (κ2) is 5.29. The molecule has 0 aliphatic carbocycles. The van der Waals surface area contributed by atoms with Crippen LogP contribution in [-0.2, 0) is 13.5 Å². The van der Waals surface area contributed by atoms with Crippen molar-refractivity contribution in [1.82, 2.24) is 9.78 Å². The molecule has 14 heavy (non-hydrogen) atoms. The molecule has 0 bridgehead atoms. The smallest absolute Gasteiger partial charge is 0.117 e. The van der Waals surface area contributed by atoms with E-state index in [1.54, 1.807) is 11.8 Å². The molecule has 4 heteroatoms. The van der Waals surface area contributed by atoms with Gasteiger partial charge in [0.2, 0.25) is 0 Å². The molecular formula is C10H19N3S. The van der Waals surface area contributed by atoms with Crippen LogP contribution in [0.5, 0.6) is 0 Å². The van der Waals surface area contributed by atoms with E-state index in [0.29, 0.717) is 0 Å². The van der Waals surface area contributed by atoms with Crippen molar-refractivity contribution in [3.8, 4) is 0 Å². The number of hydrogen-bond acceptors (Lipinski definition) is 3. The van der Waals surface area contributed by atoms with Crippen molar-refractivity contribution in [3.63, 3.8) is 0 Å². The van der Waals surface area contributed by atoms with Crippen LogP contribution in [0, 0.1) is 0 Å². The molecule has 0 saturated carbocycles. The van der Waals surface area contributed by atoms with Crippen LogP contribution in [0.1, 0.15) is 32.4 Å². The average Bonchev–Trinajstić information content (AvgIpc) is 2.41. The quantitative estimate of drug-likeness (QED) is 0.764. The Morgan fingerprint density at radius 1 is 1.36 bits per heavy atom. The zero-order chi connectivity index (χ0) is 10.6. The topological polar surface area (TPSA) is 43.8 Å². The number of nitrogen functional groups attached to an aromatic ring is 1. The fourth-order valence-electron chi connectivity index (χ4n) is 1.37. The number of thioether (sulfide) groups is 1. The van der Waals surface area contributed by atoms with Gasteiger partial charge < -0.3 is 5.73 Å². The number of aromatic nitrogens is 2. The summed E-state index contributed by atoms with van der Waals surface area (Å²) in [7, 11) is 1.97. The van der Waals surface area contributed by atoms with Crippen LogP contribution in [-0.4, -0.2) is 15.5 Å². The maximum Gasteiger partial charge on any atom is 0.117 e. The lowest BCUT2D eigenvalue weighted by molar-refractivity contribution is 0.681. The van der Waals surface area contributed by atoms with Crippen LogP contribution >= 0.6 is 11.8 Å². The average molecular weight is 213 g/mol. The van der Waals surface area contributed by atoms with Gasteiger partial charge in [-0.05, 0) is 18.6 Å². The van der Waals surface area contributed by atoms with E-state index in [1.807, 2.05) is 11.7 Å². The first-order chi connectivity index (χ1) is 6.70. The van der Waals surface area contributed by atoms with Gasteiger partial charge in [-0.3, -0.25) is 4.68 Å². The zero-order valence-electron chi connectivity index (χ0n) is 9.21. The van der Waals surface area contributed by atoms with Gasteiger partial charge in [-0.25, -0.2) is 0 Å². The molecule has 1 rings (SSSR count). The third-order valence-electron chi connectivity index (χ3n) is 2.04. The molecule has 1 heterocycles. The van der Waals surface area contributed by atoms with E-state index < -0.39 is 0 Å². The lowest BCUT2D eigenvalue weighted by atomic mass is 10.2.